The van der Waals surface area contributed by atoms with Crippen LogP contribution in [0.4, 0.5) is 0 Å². The van der Waals surface area contributed by atoms with Gasteiger partial charge in [-0.3, -0.25) is 4.99 Å². The van der Waals surface area contributed by atoms with Crippen LogP contribution in [0.2, 0.25) is 0 Å². The topological polar surface area (TPSA) is 72.7 Å². The van der Waals surface area contributed by atoms with Crippen molar-refractivity contribution in [2.75, 3.05) is 21.3 Å². The Morgan fingerprint density at radius 1 is 1.07 bits per heavy atom. The lowest BCUT2D eigenvalue weighted by molar-refractivity contribution is 0.390. The molecule has 1 aromatic heterocycles. The summed E-state index contributed by atoms with van der Waals surface area (Å²) in [5.41, 5.74) is 3.12. The first-order valence-electron chi connectivity index (χ1n) is 8.72. The Morgan fingerprint density at radius 2 is 1.82 bits per heavy atom. The molecule has 28 heavy (non-hydrogen) atoms. The lowest BCUT2D eigenvalue weighted by Gasteiger charge is -2.14. The molecule has 0 bridgehead atoms. The fourth-order valence-corrected chi connectivity index (χ4v) is 2.91. The standard InChI is InChI=1S/C20H25N5O2.HI/c1-21-20(22-12-14-9-10-15(26-3)11-18(14)27-4)23-13-19-24-16-7-5-6-8-17(16)25(19)2;/h5-11H,12-13H2,1-4H3,(H2,21,22,23);1H. The molecule has 0 fully saturated rings. The number of hydrogen-bond donors (Lipinski definition) is 2. The average molecular weight is 495 g/mol. The molecule has 3 rings (SSSR count). The SMILES string of the molecule is CN=C(NCc1ccc(OC)cc1OC)NCc1nc2ccccc2n1C.I. The van der Waals surface area contributed by atoms with Crippen LogP contribution in [0.3, 0.4) is 0 Å². The summed E-state index contributed by atoms with van der Waals surface area (Å²) in [7, 11) is 7.05. The van der Waals surface area contributed by atoms with E-state index in [1.165, 1.54) is 0 Å². The van der Waals surface area contributed by atoms with Gasteiger partial charge in [0.25, 0.3) is 0 Å². The molecule has 0 saturated heterocycles. The van der Waals surface area contributed by atoms with E-state index in [2.05, 4.69) is 31.2 Å². The van der Waals surface area contributed by atoms with Gasteiger partial charge in [-0.05, 0) is 24.3 Å². The van der Waals surface area contributed by atoms with Crippen LogP contribution in [0.5, 0.6) is 11.5 Å². The van der Waals surface area contributed by atoms with Gasteiger partial charge in [-0.1, -0.05) is 12.1 Å². The number of para-hydroxylation sites is 2. The molecular weight excluding hydrogens is 469 g/mol. The lowest BCUT2D eigenvalue weighted by atomic mass is 10.2. The predicted octanol–water partition coefficient (Wildman–Crippen LogP) is 3.07. The number of aryl methyl sites for hydroxylation is 1. The number of halogens is 1. The molecule has 150 valence electrons. The molecule has 3 aromatic rings. The van der Waals surface area contributed by atoms with Crippen molar-refractivity contribution >= 4 is 41.0 Å². The third kappa shape index (κ3) is 4.86. The smallest absolute Gasteiger partial charge is 0.191 e. The van der Waals surface area contributed by atoms with Crippen molar-refractivity contribution in [1.29, 1.82) is 0 Å². The van der Waals surface area contributed by atoms with Gasteiger partial charge in [-0.25, -0.2) is 4.98 Å². The van der Waals surface area contributed by atoms with E-state index in [0.717, 1.165) is 33.9 Å². The highest BCUT2D eigenvalue weighted by Crippen LogP contribution is 2.24. The molecule has 2 aromatic carbocycles. The number of hydrogen-bond acceptors (Lipinski definition) is 4. The predicted molar refractivity (Wildman–Crippen MR) is 123 cm³/mol. The van der Waals surface area contributed by atoms with Crippen molar-refractivity contribution in [2.24, 2.45) is 12.0 Å². The van der Waals surface area contributed by atoms with Gasteiger partial charge in [0, 0.05) is 32.3 Å². The molecule has 1 heterocycles. The van der Waals surface area contributed by atoms with Gasteiger partial charge < -0.3 is 24.7 Å². The van der Waals surface area contributed by atoms with Crippen molar-refractivity contribution in [3.63, 3.8) is 0 Å². The number of guanidine groups is 1. The van der Waals surface area contributed by atoms with Crippen molar-refractivity contribution in [3.8, 4) is 11.5 Å². The summed E-state index contributed by atoms with van der Waals surface area (Å²) in [4.78, 5) is 8.95. The number of fused-ring (bicyclic) bond motifs is 1. The molecule has 0 atom stereocenters. The van der Waals surface area contributed by atoms with E-state index in [4.69, 9.17) is 9.47 Å². The molecule has 0 amide bonds. The number of nitrogens with zero attached hydrogens (tertiary/aromatic N) is 3. The largest absolute Gasteiger partial charge is 0.497 e. The van der Waals surface area contributed by atoms with Crippen molar-refractivity contribution in [2.45, 2.75) is 13.1 Å². The van der Waals surface area contributed by atoms with Crippen LogP contribution in [0.15, 0.2) is 47.5 Å². The highest BCUT2D eigenvalue weighted by molar-refractivity contribution is 14.0. The van der Waals surface area contributed by atoms with Crippen LogP contribution in [0.25, 0.3) is 11.0 Å². The molecule has 0 aliphatic heterocycles. The maximum atomic E-state index is 5.44. The van der Waals surface area contributed by atoms with E-state index in [9.17, 15) is 0 Å². The van der Waals surface area contributed by atoms with E-state index in [1.54, 1.807) is 21.3 Å². The Kier molecular flexibility index (Phi) is 7.91. The normalized spacial score (nSPS) is 11.1. The number of nitrogens with one attached hydrogen (secondary N) is 2. The molecule has 0 saturated carbocycles. The summed E-state index contributed by atoms with van der Waals surface area (Å²) < 4.78 is 12.8. The molecule has 0 radical (unpaired) electrons. The Bertz CT molecular complexity index is 955. The maximum Gasteiger partial charge on any atom is 0.191 e. The third-order valence-corrected chi connectivity index (χ3v) is 4.46. The molecule has 8 heteroatoms. The zero-order valence-corrected chi connectivity index (χ0v) is 18.9. The number of ether oxygens (including phenoxy) is 2. The van der Waals surface area contributed by atoms with Gasteiger partial charge in [0.2, 0.25) is 0 Å². The summed E-state index contributed by atoms with van der Waals surface area (Å²) in [5, 5.41) is 6.61. The van der Waals surface area contributed by atoms with Gasteiger partial charge in [0.15, 0.2) is 5.96 Å². The Hall–Kier alpha value is -2.49. The highest BCUT2D eigenvalue weighted by Gasteiger charge is 2.09. The van der Waals surface area contributed by atoms with Crippen LogP contribution in [-0.2, 0) is 20.1 Å². The van der Waals surface area contributed by atoms with Gasteiger partial charge in [-0.2, -0.15) is 0 Å². The molecule has 0 unspecified atom stereocenters. The third-order valence-electron chi connectivity index (χ3n) is 4.46. The second kappa shape index (κ2) is 10.2. The summed E-state index contributed by atoms with van der Waals surface area (Å²) in [5.74, 6) is 3.17. The van der Waals surface area contributed by atoms with Gasteiger partial charge in [0.05, 0.1) is 31.8 Å². The minimum atomic E-state index is 0. The molecule has 7 nitrogen and oxygen atoms in total. The molecular formula is C20H26IN5O2. The highest BCUT2D eigenvalue weighted by atomic mass is 127. The van der Waals surface area contributed by atoms with Crippen molar-refractivity contribution in [3.05, 3.63) is 53.9 Å². The van der Waals surface area contributed by atoms with Gasteiger partial charge in [-0.15, -0.1) is 24.0 Å². The average Bonchev–Trinajstić information content (AvgIpc) is 3.04. The second-order valence-electron chi connectivity index (χ2n) is 6.03. The number of benzene rings is 2. The molecule has 0 aliphatic carbocycles. The summed E-state index contributed by atoms with van der Waals surface area (Å²) in [6.07, 6.45) is 0. The summed E-state index contributed by atoms with van der Waals surface area (Å²) >= 11 is 0. The summed E-state index contributed by atoms with van der Waals surface area (Å²) in [6, 6.07) is 13.8. The van der Waals surface area contributed by atoms with E-state index >= 15 is 0 Å². The zero-order chi connectivity index (χ0) is 19.2. The minimum absolute atomic E-state index is 0. The number of aliphatic imine (C=N–C) groups is 1. The van der Waals surface area contributed by atoms with Crippen molar-refractivity contribution in [1.82, 2.24) is 20.2 Å². The summed E-state index contributed by atoms with van der Waals surface area (Å²) in [6.45, 7) is 1.15. The first-order chi connectivity index (χ1) is 13.2. The second-order valence-corrected chi connectivity index (χ2v) is 6.03. The number of imidazole rings is 1. The maximum absolute atomic E-state index is 5.44. The monoisotopic (exact) mass is 495 g/mol. The van der Waals surface area contributed by atoms with Gasteiger partial charge >= 0.3 is 0 Å². The Labute approximate surface area is 182 Å². The lowest BCUT2D eigenvalue weighted by Crippen LogP contribution is -2.37. The van der Waals surface area contributed by atoms with E-state index in [-0.39, 0.29) is 24.0 Å². The minimum Gasteiger partial charge on any atom is -0.497 e. The van der Waals surface area contributed by atoms with E-state index in [1.807, 2.05) is 43.4 Å². The fraction of sp³-hybridized carbons (Fsp3) is 0.300. The Morgan fingerprint density at radius 3 is 2.50 bits per heavy atom. The van der Waals surface area contributed by atoms with Crippen LogP contribution in [0.1, 0.15) is 11.4 Å². The fourth-order valence-electron chi connectivity index (χ4n) is 2.91. The van der Waals surface area contributed by atoms with Crippen LogP contribution in [0, 0.1) is 0 Å². The first kappa shape index (κ1) is 21.8. The Balaban J connectivity index is 0.00000280. The van der Waals surface area contributed by atoms with Crippen LogP contribution < -0.4 is 20.1 Å². The molecule has 0 spiro atoms. The van der Waals surface area contributed by atoms with Crippen molar-refractivity contribution < 1.29 is 9.47 Å². The van der Waals surface area contributed by atoms with E-state index in [0.29, 0.717) is 19.0 Å². The van der Waals surface area contributed by atoms with Gasteiger partial charge in [0.1, 0.15) is 17.3 Å². The number of aromatic nitrogens is 2. The molecule has 2 N–H and O–H groups in total. The van der Waals surface area contributed by atoms with E-state index < -0.39 is 0 Å². The van der Waals surface area contributed by atoms with Crippen LogP contribution >= 0.6 is 24.0 Å². The quantitative estimate of drug-likeness (QED) is 0.313. The first-order valence-corrected chi connectivity index (χ1v) is 8.72. The number of methoxy groups -OCH3 is 2. The molecule has 0 aliphatic rings. The zero-order valence-electron chi connectivity index (χ0n) is 16.5. The van der Waals surface area contributed by atoms with Crippen LogP contribution in [-0.4, -0.2) is 36.8 Å². The number of rotatable bonds is 6.